The van der Waals surface area contributed by atoms with Gasteiger partial charge in [0.15, 0.2) is 0 Å². The molecular formula is C14H11FINO4S. The van der Waals surface area contributed by atoms with Crippen molar-refractivity contribution in [3.63, 3.8) is 0 Å². The summed E-state index contributed by atoms with van der Waals surface area (Å²) in [6.45, 7) is 1.28. The molecule has 0 aliphatic heterocycles. The maximum absolute atomic E-state index is 13.8. The lowest BCUT2D eigenvalue weighted by molar-refractivity contribution is 0.0696. The van der Waals surface area contributed by atoms with Gasteiger partial charge in [0.05, 0.1) is 10.5 Å². The number of carboxylic acid groups (broad SMARTS) is 1. The van der Waals surface area contributed by atoms with Gasteiger partial charge in [-0.25, -0.2) is 17.6 Å². The summed E-state index contributed by atoms with van der Waals surface area (Å²) in [5.74, 6) is -2.28. The number of hydrogen-bond donors (Lipinski definition) is 2. The fourth-order valence-electron chi connectivity index (χ4n) is 1.82. The summed E-state index contributed by atoms with van der Waals surface area (Å²) in [5.41, 5.74) is -0.248. The van der Waals surface area contributed by atoms with E-state index in [0.717, 1.165) is 15.7 Å². The van der Waals surface area contributed by atoms with Crippen molar-refractivity contribution in [2.24, 2.45) is 0 Å². The van der Waals surface area contributed by atoms with E-state index >= 15 is 0 Å². The standard InChI is InChI=1S/C14H11FINO4S/c1-8-12(15)5-9(14(18)19)6-13(8)22(20,21)17-11-4-2-3-10(16)7-11/h2-7,17H,1H3,(H,18,19). The van der Waals surface area contributed by atoms with Crippen molar-refractivity contribution < 1.29 is 22.7 Å². The molecule has 0 heterocycles. The molecule has 2 aromatic carbocycles. The van der Waals surface area contributed by atoms with E-state index in [4.69, 9.17) is 5.11 Å². The minimum absolute atomic E-state index is 0.136. The summed E-state index contributed by atoms with van der Waals surface area (Å²) >= 11 is 2.03. The molecule has 2 rings (SSSR count). The van der Waals surface area contributed by atoms with Gasteiger partial charge in [-0.1, -0.05) is 6.07 Å². The first-order valence-electron chi connectivity index (χ1n) is 6.02. The van der Waals surface area contributed by atoms with Crippen LogP contribution in [-0.2, 0) is 10.0 Å². The number of anilines is 1. The molecule has 0 atom stereocenters. The van der Waals surface area contributed by atoms with Crippen LogP contribution in [0.1, 0.15) is 15.9 Å². The summed E-state index contributed by atoms with van der Waals surface area (Å²) in [7, 11) is -4.10. The molecule has 0 fully saturated rings. The molecule has 116 valence electrons. The molecule has 0 spiro atoms. The van der Waals surface area contributed by atoms with Crippen LogP contribution in [-0.4, -0.2) is 19.5 Å². The van der Waals surface area contributed by atoms with E-state index < -0.39 is 32.3 Å². The molecule has 0 saturated heterocycles. The maximum Gasteiger partial charge on any atom is 0.335 e. The molecule has 0 aliphatic rings. The van der Waals surface area contributed by atoms with Gasteiger partial charge in [0.2, 0.25) is 0 Å². The molecule has 0 aromatic heterocycles. The van der Waals surface area contributed by atoms with Crippen LogP contribution < -0.4 is 4.72 Å². The Kier molecular flexibility index (Phi) is 4.71. The number of aromatic carboxylic acids is 1. The fraction of sp³-hybridized carbons (Fsp3) is 0.0714. The van der Waals surface area contributed by atoms with Gasteiger partial charge in [0, 0.05) is 14.8 Å². The van der Waals surface area contributed by atoms with Crippen LogP contribution in [0.5, 0.6) is 0 Å². The van der Waals surface area contributed by atoms with Crippen molar-refractivity contribution in [3.8, 4) is 0 Å². The molecule has 2 N–H and O–H groups in total. The van der Waals surface area contributed by atoms with Crippen molar-refractivity contribution in [1.82, 2.24) is 0 Å². The van der Waals surface area contributed by atoms with E-state index in [2.05, 4.69) is 4.72 Å². The Hall–Kier alpha value is -1.68. The summed E-state index contributed by atoms with van der Waals surface area (Å²) in [4.78, 5) is 10.6. The van der Waals surface area contributed by atoms with Gasteiger partial charge in [-0.15, -0.1) is 0 Å². The van der Waals surface area contributed by atoms with E-state index in [0.29, 0.717) is 5.69 Å². The first-order chi connectivity index (χ1) is 10.2. The predicted octanol–water partition coefficient (Wildman–Crippen LogP) is 3.24. The Morgan fingerprint density at radius 1 is 1.27 bits per heavy atom. The second kappa shape index (κ2) is 6.21. The third-order valence-electron chi connectivity index (χ3n) is 2.91. The molecule has 0 amide bonds. The zero-order valence-corrected chi connectivity index (χ0v) is 14.3. The molecular weight excluding hydrogens is 424 g/mol. The van der Waals surface area contributed by atoms with E-state index in [9.17, 15) is 17.6 Å². The SMILES string of the molecule is Cc1c(F)cc(C(=O)O)cc1S(=O)(=O)Nc1cccc(I)c1. The highest BCUT2D eigenvalue weighted by atomic mass is 127. The maximum atomic E-state index is 13.8. The molecule has 0 saturated carbocycles. The number of hydrogen-bond acceptors (Lipinski definition) is 3. The van der Waals surface area contributed by atoms with Gasteiger partial charge in [-0.3, -0.25) is 4.72 Å². The number of nitrogens with one attached hydrogen (secondary N) is 1. The van der Waals surface area contributed by atoms with Crippen molar-refractivity contribution in [2.45, 2.75) is 11.8 Å². The molecule has 5 nitrogen and oxygen atoms in total. The van der Waals surface area contributed by atoms with Crippen molar-refractivity contribution in [1.29, 1.82) is 0 Å². The number of halogens is 2. The second-order valence-corrected chi connectivity index (χ2v) is 7.40. The van der Waals surface area contributed by atoms with Gasteiger partial charge < -0.3 is 5.11 Å². The highest BCUT2D eigenvalue weighted by Gasteiger charge is 2.22. The Balaban J connectivity index is 2.51. The third-order valence-corrected chi connectivity index (χ3v) is 5.09. The van der Waals surface area contributed by atoms with Crippen molar-refractivity contribution in [3.05, 3.63) is 56.9 Å². The highest BCUT2D eigenvalue weighted by molar-refractivity contribution is 14.1. The van der Waals surface area contributed by atoms with Crippen LogP contribution >= 0.6 is 22.6 Å². The van der Waals surface area contributed by atoms with E-state index in [1.807, 2.05) is 22.6 Å². The smallest absolute Gasteiger partial charge is 0.335 e. The Morgan fingerprint density at radius 3 is 2.55 bits per heavy atom. The van der Waals surface area contributed by atoms with Crippen LogP contribution in [0.2, 0.25) is 0 Å². The van der Waals surface area contributed by atoms with Crippen LogP contribution in [0, 0.1) is 16.3 Å². The topological polar surface area (TPSA) is 83.5 Å². The number of sulfonamides is 1. The second-order valence-electron chi connectivity index (χ2n) is 4.50. The monoisotopic (exact) mass is 435 g/mol. The lowest BCUT2D eigenvalue weighted by atomic mass is 10.1. The van der Waals surface area contributed by atoms with Crippen LogP contribution in [0.3, 0.4) is 0 Å². The van der Waals surface area contributed by atoms with Gasteiger partial charge in [0.25, 0.3) is 10.0 Å². The Bertz CT molecular complexity index is 852. The summed E-state index contributed by atoms with van der Waals surface area (Å²) in [5, 5.41) is 8.93. The van der Waals surface area contributed by atoms with E-state index in [1.54, 1.807) is 24.3 Å². The summed E-state index contributed by atoms with van der Waals surface area (Å²) in [6, 6.07) is 8.34. The largest absolute Gasteiger partial charge is 0.478 e. The quantitative estimate of drug-likeness (QED) is 0.723. The van der Waals surface area contributed by atoms with Gasteiger partial charge in [-0.2, -0.15) is 0 Å². The minimum Gasteiger partial charge on any atom is -0.478 e. The third kappa shape index (κ3) is 3.55. The van der Waals surface area contributed by atoms with Crippen molar-refractivity contribution >= 4 is 44.3 Å². The Morgan fingerprint density at radius 2 is 1.95 bits per heavy atom. The zero-order valence-electron chi connectivity index (χ0n) is 11.3. The number of carbonyl (C=O) groups is 1. The fourth-order valence-corrected chi connectivity index (χ4v) is 3.69. The molecule has 22 heavy (non-hydrogen) atoms. The average molecular weight is 435 g/mol. The first-order valence-corrected chi connectivity index (χ1v) is 8.59. The highest BCUT2D eigenvalue weighted by Crippen LogP contribution is 2.24. The lowest BCUT2D eigenvalue weighted by Crippen LogP contribution is -2.16. The zero-order chi connectivity index (χ0) is 16.5. The number of carboxylic acids is 1. The molecule has 0 unspecified atom stereocenters. The average Bonchev–Trinajstić information content (AvgIpc) is 2.40. The number of benzene rings is 2. The molecule has 8 heteroatoms. The minimum atomic E-state index is -4.10. The number of rotatable bonds is 4. The molecule has 0 radical (unpaired) electrons. The lowest BCUT2D eigenvalue weighted by Gasteiger charge is -2.12. The van der Waals surface area contributed by atoms with Gasteiger partial charge in [-0.05, 0) is 59.8 Å². The summed E-state index contributed by atoms with van der Waals surface area (Å²) in [6.07, 6.45) is 0. The van der Waals surface area contributed by atoms with Crippen LogP contribution in [0.4, 0.5) is 10.1 Å². The molecule has 0 bridgehead atoms. The normalized spacial score (nSPS) is 11.2. The van der Waals surface area contributed by atoms with Crippen LogP contribution in [0.25, 0.3) is 0 Å². The molecule has 0 aliphatic carbocycles. The first kappa shape index (κ1) is 16.7. The van der Waals surface area contributed by atoms with Crippen molar-refractivity contribution in [2.75, 3.05) is 4.72 Å². The van der Waals surface area contributed by atoms with E-state index in [-0.39, 0.29) is 5.56 Å². The van der Waals surface area contributed by atoms with Gasteiger partial charge in [0.1, 0.15) is 5.82 Å². The predicted molar refractivity (Wildman–Crippen MR) is 88.1 cm³/mol. The summed E-state index contributed by atoms with van der Waals surface area (Å²) < 4.78 is 41.7. The van der Waals surface area contributed by atoms with Gasteiger partial charge >= 0.3 is 5.97 Å². The Labute approximate surface area is 140 Å². The van der Waals surface area contributed by atoms with E-state index in [1.165, 1.54) is 6.92 Å². The van der Waals surface area contributed by atoms with Crippen LogP contribution in [0.15, 0.2) is 41.3 Å². The molecule has 2 aromatic rings.